The highest BCUT2D eigenvalue weighted by molar-refractivity contribution is 7.97. The Morgan fingerprint density at radius 2 is 2.19 bits per heavy atom. The van der Waals surface area contributed by atoms with Crippen molar-refractivity contribution in [2.45, 2.75) is 11.8 Å². The molecule has 0 bridgehead atoms. The standard InChI is InChI=1S/C18H18N6O2S/c1-12-9-15(22-21-12)20-17-11-23(10-16-19-7-8-24(16)17)27-14-5-3-13(4-6-14)18(25)26-2/h3-9,11H,10H2,1-2H3,(H2,20,21,22)/q+1. The predicted molar refractivity (Wildman–Crippen MR) is 104 cm³/mol. The molecule has 27 heavy (non-hydrogen) atoms. The monoisotopic (exact) mass is 382 g/mol. The molecule has 0 unspecified atom stereocenters. The molecule has 2 aromatic rings. The third-order valence-corrected chi connectivity index (χ3v) is 4.95. The van der Waals surface area contributed by atoms with Gasteiger partial charge in [0.2, 0.25) is 0 Å². The molecule has 1 radical (unpaired) electrons. The summed E-state index contributed by atoms with van der Waals surface area (Å²) in [6, 6.07) is 9.25. The number of ether oxygens (including phenoxy) is 1. The molecule has 9 heteroatoms. The van der Waals surface area contributed by atoms with E-state index in [1.807, 2.05) is 42.4 Å². The topological polar surface area (TPSA) is 88.5 Å². The number of aliphatic imine (C=N–C) groups is 1. The second-order valence-corrected chi connectivity index (χ2v) is 7.09. The normalized spacial score (nSPS) is 16.0. The Morgan fingerprint density at radius 1 is 1.37 bits per heavy atom. The summed E-state index contributed by atoms with van der Waals surface area (Å²) < 4.78 is 6.82. The molecular weight excluding hydrogens is 364 g/mol. The number of esters is 1. The van der Waals surface area contributed by atoms with E-state index >= 15 is 0 Å². The minimum Gasteiger partial charge on any atom is -0.465 e. The average molecular weight is 382 g/mol. The van der Waals surface area contributed by atoms with Gasteiger partial charge in [0, 0.05) is 16.7 Å². The molecule has 1 aromatic carbocycles. The molecule has 4 rings (SSSR count). The maximum atomic E-state index is 11.6. The number of hydrogen-bond acceptors (Lipinski definition) is 8. The minimum atomic E-state index is -0.341. The van der Waals surface area contributed by atoms with Crippen LogP contribution in [0.4, 0.5) is 5.82 Å². The summed E-state index contributed by atoms with van der Waals surface area (Å²) in [6.45, 7) is 2.61. The third-order valence-electron chi connectivity index (χ3n) is 4.00. The van der Waals surface area contributed by atoms with Crippen molar-refractivity contribution in [3.63, 3.8) is 0 Å². The highest BCUT2D eigenvalue weighted by atomic mass is 32.2. The summed E-state index contributed by atoms with van der Waals surface area (Å²) in [5.41, 5.74) is 1.51. The number of nitrogens with zero attached hydrogens (tertiary/aromatic N) is 4. The van der Waals surface area contributed by atoms with Crippen molar-refractivity contribution in [3.8, 4) is 0 Å². The number of aromatic nitrogens is 2. The van der Waals surface area contributed by atoms with Gasteiger partial charge >= 0.3 is 5.97 Å². The first-order valence-corrected chi connectivity index (χ1v) is 9.06. The molecule has 0 fully saturated rings. The zero-order valence-electron chi connectivity index (χ0n) is 14.8. The second-order valence-electron chi connectivity index (χ2n) is 5.97. The van der Waals surface area contributed by atoms with Crippen LogP contribution in [0.15, 0.2) is 64.6 Å². The van der Waals surface area contributed by atoms with Crippen LogP contribution in [-0.4, -0.2) is 40.0 Å². The van der Waals surface area contributed by atoms with E-state index in [2.05, 4.69) is 24.8 Å². The Kier molecular flexibility index (Phi) is 4.69. The van der Waals surface area contributed by atoms with Crippen molar-refractivity contribution >= 4 is 29.6 Å². The number of carbonyl (C=O) groups excluding carboxylic acids is 1. The Labute approximate surface area is 160 Å². The number of fused-ring (bicyclic) bond motifs is 1. The lowest BCUT2D eigenvalue weighted by atomic mass is 10.2. The van der Waals surface area contributed by atoms with Crippen LogP contribution < -0.4 is 10.2 Å². The van der Waals surface area contributed by atoms with Gasteiger partial charge in [-0.2, -0.15) is 10.1 Å². The molecule has 0 aliphatic carbocycles. The van der Waals surface area contributed by atoms with Gasteiger partial charge in [-0.25, -0.2) is 4.79 Å². The van der Waals surface area contributed by atoms with Crippen molar-refractivity contribution in [2.75, 3.05) is 19.0 Å². The fourth-order valence-electron chi connectivity index (χ4n) is 2.72. The number of anilines is 1. The van der Waals surface area contributed by atoms with Crippen molar-refractivity contribution < 1.29 is 9.53 Å². The number of rotatable bonds is 5. The number of aromatic amines is 1. The summed E-state index contributed by atoms with van der Waals surface area (Å²) in [5, 5.41) is 10.5. The average Bonchev–Trinajstić information content (AvgIpc) is 3.30. The zero-order valence-corrected chi connectivity index (χ0v) is 15.7. The van der Waals surface area contributed by atoms with Gasteiger partial charge in [-0.05, 0) is 48.0 Å². The molecule has 0 saturated carbocycles. The lowest BCUT2D eigenvalue weighted by Crippen LogP contribution is -2.42. The van der Waals surface area contributed by atoms with E-state index in [-0.39, 0.29) is 5.97 Å². The molecule has 2 aliphatic heterocycles. The van der Waals surface area contributed by atoms with Gasteiger partial charge in [0.05, 0.1) is 25.1 Å². The molecule has 137 valence electrons. The van der Waals surface area contributed by atoms with Gasteiger partial charge in [0.25, 0.3) is 11.7 Å². The Morgan fingerprint density at radius 3 is 2.89 bits per heavy atom. The van der Waals surface area contributed by atoms with Crippen LogP contribution in [0.25, 0.3) is 0 Å². The van der Waals surface area contributed by atoms with Gasteiger partial charge in [-0.15, -0.1) is 0 Å². The van der Waals surface area contributed by atoms with Crippen molar-refractivity contribution in [1.82, 2.24) is 19.4 Å². The van der Waals surface area contributed by atoms with Crippen LogP contribution in [0.1, 0.15) is 16.1 Å². The molecule has 0 spiro atoms. The number of benzene rings is 1. The second kappa shape index (κ2) is 7.29. The van der Waals surface area contributed by atoms with Crippen LogP contribution in [0.3, 0.4) is 0 Å². The number of carbonyl (C=O) groups is 1. The van der Waals surface area contributed by atoms with Gasteiger partial charge in [-0.1, -0.05) is 0 Å². The van der Waals surface area contributed by atoms with Crippen molar-refractivity contribution in [3.05, 3.63) is 66.0 Å². The highest BCUT2D eigenvalue weighted by Gasteiger charge is 2.37. The highest BCUT2D eigenvalue weighted by Crippen LogP contribution is 2.28. The number of H-pyrrole nitrogens is 1. The van der Waals surface area contributed by atoms with Gasteiger partial charge < -0.3 is 4.74 Å². The summed E-state index contributed by atoms with van der Waals surface area (Å²) in [6.07, 6.45) is 5.71. The van der Waals surface area contributed by atoms with E-state index < -0.39 is 0 Å². The molecule has 1 aromatic heterocycles. The first-order chi connectivity index (χ1) is 13.1. The van der Waals surface area contributed by atoms with Crippen LogP contribution >= 0.6 is 11.9 Å². The van der Waals surface area contributed by atoms with Crippen LogP contribution in [0.2, 0.25) is 0 Å². The van der Waals surface area contributed by atoms with Gasteiger partial charge in [0.1, 0.15) is 6.54 Å². The summed E-state index contributed by atoms with van der Waals surface area (Å²) in [5.74, 6) is 2.18. The lowest BCUT2D eigenvalue weighted by Gasteiger charge is -2.24. The SMILES string of the molecule is COC(=O)c1ccc(SN2C=C(Nc3cc(C)[nH]n3)[N+]3C=CN=C3C2)cc1. The Hall–Kier alpha value is -3.04. The molecule has 0 saturated heterocycles. The van der Waals surface area contributed by atoms with E-state index in [9.17, 15) is 4.79 Å². The van der Waals surface area contributed by atoms with E-state index in [0.717, 1.165) is 28.1 Å². The predicted octanol–water partition coefficient (Wildman–Crippen LogP) is 2.76. The summed E-state index contributed by atoms with van der Waals surface area (Å²) >= 11 is 1.56. The Bertz CT molecular complexity index is 947. The molecule has 0 amide bonds. The van der Waals surface area contributed by atoms with Crippen LogP contribution in [0.5, 0.6) is 0 Å². The number of hydrogen-bond donors (Lipinski definition) is 2. The lowest BCUT2D eigenvalue weighted by molar-refractivity contribution is 0.0600. The van der Waals surface area contributed by atoms with Gasteiger partial charge in [0.15, 0.2) is 12.0 Å². The third kappa shape index (κ3) is 3.74. The maximum absolute atomic E-state index is 11.6. The smallest absolute Gasteiger partial charge is 0.337 e. The fourth-order valence-corrected chi connectivity index (χ4v) is 3.58. The fraction of sp³-hybridized carbons (Fsp3) is 0.167. The number of amidine groups is 1. The summed E-state index contributed by atoms with van der Waals surface area (Å²) in [4.78, 5) is 19.0. The van der Waals surface area contributed by atoms with E-state index in [1.54, 1.807) is 30.3 Å². The molecule has 2 aliphatic rings. The minimum absolute atomic E-state index is 0.341. The molecule has 8 nitrogen and oxygen atoms in total. The molecule has 0 atom stereocenters. The summed E-state index contributed by atoms with van der Waals surface area (Å²) in [7, 11) is 1.38. The van der Waals surface area contributed by atoms with E-state index in [1.165, 1.54) is 7.11 Å². The number of aryl methyl sites for hydroxylation is 1. The van der Waals surface area contributed by atoms with Gasteiger partial charge in [-0.3, -0.25) is 14.7 Å². The van der Waals surface area contributed by atoms with Crippen molar-refractivity contribution in [2.24, 2.45) is 4.99 Å². The van der Waals surface area contributed by atoms with Crippen LogP contribution in [-0.2, 0) is 4.74 Å². The largest absolute Gasteiger partial charge is 0.465 e. The number of methoxy groups -OCH3 is 1. The van der Waals surface area contributed by atoms with Crippen LogP contribution in [0, 0.1) is 6.92 Å². The number of nitrogens with one attached hydrogen (secondary N) is 2. The van der Waals surface area contributed by atoms with Crippen molar-refractivity contribution in [1.29, 1.82) is 0 Å². The molecular formula is C18H18N6O2S+. The Balaban J connectivity index is 1.52. The quantitative estimate of drug-likeness (QED) is 0.470. The zero-order chi connectivity index (χ0) is 18.8. The first-order valence-electron chi connectivity index (χ1n) is 8.29. The maximum Gasteiger partial charge on any atom is 0.337 e. The van der Waals surface area contributed by atoms with E-state index in [4.69, 9.17) is 4.74 Å². The molecule has 3 heterocycles. The van der Waals surface area contributed by atoms with E-state index in [0.29, 0.717) is 12.1 Å². The molecule has 2 N–H and O–H groups in total. The first kappa shape index (κ1) is 17.4.